The van der Waals surface area contributed by atoms with Crippen LogP contribution in [0.1, 0.15) is 47.9 Å². The minimum atomic E-state index is -0.714. The van der Waals surface area contributed by atoms with Crippen molar-refractivity contribution in [3.63, 3.8) is 0 Å². The van der Waals surface area contributed by atoms with Crippen molar-refractivity contribution >= 4 is 23.1 Å². The van der Waals surface area contributed by atoms with E-state index in [2.05, 4.69) is 39.9 Å². The van der Waals surface area contributed by atoms with Crippen LogP contribution in [-0.4, -0.2) is 73.9 Å². The number of halogens is 3. The predicted octanol–water partition coefficient (Wildman–Crippen LogP) is 5.64. The minimum absolute atomic E-state index is 0.0738. The second kappa shape index (κ2) is 15.1. The number of aryl methyl sites for hydroxylation is 1. The van der Waals surface area contributed by atoms with Gasteiger partial charge in [-0.15, -0.1) is 0 Å². The molecule has 3 aromatic rings. The Kier molecular flexibility index (Phi) is 10.7. The third-order valence-corrected chi connectivity index (χ3v) is 9.43. The number of aromatic nitrogens is 1. The van der Waals surface area contributed by atoms with Gasteiger partial charge in [0.05, 0.1) is 19.3 Å². The van der Waals surface area contributed by atoms with Gasteiger partial charge in [-0.3, -0.25) is 4.79 Å². The fourth-order valence-corrected chi connectivity index (χ4v) is 6.59. The number of benzene rings is 2. The molecule has 2 fully saturated rings. The molecule has 3 aliphatic rings. The summed E-state index contributed by atoms with van der Waals surface area (Å²) in [4.78, 5) is 21.0. The zero-order valence-corrected chi connectivity index (χ0v) is 27.5. The van der Waals surface area contributed by atoms with Gasteiger partial charge in [0.1, 0.15) is 17.4 Å². The maximum atomic E-state index is 14.6. The molecule has 0 radical (unpaired) electrons. The molecule has 1 saturated carbocycles. The van der Waals surface area contributed by atoms with Crippen LogP contribution in [0.15, 0.2) is 54.2 Å². The van der Waals surface area contributed by atoms with Crippen molar-refractivity contribution in [3.8, 4) is 11.6 Å². The second-order valence-electron chi connectivity index (χ2n) is 12.4. The summed E-state index contributed by atoms with van der Waals surface area (Å²) in [5, 5.41) is 6.86. The Morgan fingerprint density at radius 1 is 1.02 bits per heavy atom. The monoisotopic (exact) mass is 666 g/mol. The molecule has 2 aromatic carbocycles. The molecule has 2 bridgehead atoms. The van der Waals surface area contributed by atoms with Gasteiger partial charge in [0.15, 0.2) is 11.6 Å². The predicted molar refractivity (Wildman–Crippen MR) is 177 cm³/mol. The molecule has 0 unspecified atom stereocenters. The van der Waals surface area contributed by atoms with Gasteiger partial charge in [-0.05, 0) is 79.5 Å². The van der Waals surface area contributed by atoms with Crippen molar-refractivity contribution < 1.29 is 27.8 Å². The van der Waals surface area contributed by atoms with Gasteiger partial charge >= 0.3 is 0 Å². The number of nitrogens with one attached hydrogen (secondary N) is 2. The number of fused-ring (bicyclic) bond motifs is 2. The van der Waals surface area contributed by atoms with Crippen LogP contribution in [0.4, 0.5) is 8.78 Å². The Balaban J connectivity index is 1.19. The topological polar surface area (TPSA) is 85.0 Å². The second-order valence-corrected chi connectivity index (χ2v) is 12.8. The summed E-state index contributed by atoms with van der Waals surface area (Å²) in [6, 6.07) is 12.7. The Labute approximate surface area is 279 Å². The first-order chi connectivity index (χ1) is 22.8. The largest absolute Gasteiger partial charge is 0.489 e. The van der Waals surface area contributed by atoms with E-state index < -0.39 is 11.6 Å². The lowest BCUT2D eigenvalue weighted by Crippen LogP contribution is -2.60. The minimum Gasteiger partial charge on any atom is -0.489 e. The van der Waals surface area contributed by atoms with E-state index >= 15 is 0 Å². The van der Waals surface area contributed by atoms with E-state index in [1.165, 1.54) is 0 Å². The summed E-state index contributed by atoms with van der Waals surface area (Å²) in [5.41, 5.74) is 6.01. The van der Waals surface area contributed by atoms with Crippen molar-refractivity contribution in [2.45, 2.75) is 63.7 Å². The van der Waals surface area contributed by atoms with Gasteiger partial charge in [-0.1, -0.05) is 35.9 Å². The smallest absolute Gasteiger partial charge is 0.252 e. The molecule has 6 rings (SSSR count). The van der Waals surface area contributed by atoms with E-state index in [9.17, 15) is 13.6 Å². The zero-order valence-electron chi connectivity index (χ0n) is 26.8. The molecule has 47 heavy (non-hydrogen) atoms. The van der Waals surface area contributed by atoms with Gasteiger partial charge in [0, 0.05) is 56.2 Å². The molecule has 250 valence electrons. The maximum Gasteiger partial charge on any atom is 0.252 e. The van der Waals surface area contributed by atoms with Crippen LogP contribution in [0.3, 0.4) is 0 Å². The maximum absolute atomic E-state index is 14.6. The Morgan fingerprint density at radius 3 is 2.57 bits per heavy atom. The first-order valence-electron chi connectivity index (χ1n) is 16.3. The number of carbonyl (C=O) groups is 1. The summed E-state index contributed by atoms with van der Waals surface area (Å²) in [5.74, 6) is -1.02. The van der Waals surface area contributed by atoms with Crippen LogP contribution in [0.2, 0.25) is 5.02 Å². The van der Waals surface area contributed by atoms with Crippen molar-refractivity contribution in [1.82, 2.24) is 20.5 Å². The molecular formula is C36H41ClF2N4O4. The third kappa shape index (κ3) is 7.78. The lowest BCUT2D eigenvalue weighted by atomic mass is 9.83. The molecule has 8 nitrogen and oxygen atoms in total. The first-order valence-corrected chi connectivity index (χ1v) is 16.6. The van der Waals surface area contributed by atoms with Crippen molar-refractivity contribution in [3.05, 3.63) is 93.1 Å². The number of hydrogen-bond donors (Lipinski definition) is 2. The average molecular weight is 667 g/mol. The molecule has 11 heteroatoms. The number of hydrogen-bond acceptors (Lipinski definition) is 7. The average Bonchev–Trinajstić information content (AvgIpc) is 3.92. The molecule has 1 amide bonds. The number of carbonyl (C=O) groups excluding carboxylic acids is 1. The van der Waals surface area contributed by atoms with Gasteiger partial charge in [0.2, 0.25) is 5.88 Å². The lowest BCUT2D eigenvalue weighted by molar-refractivity contribution is -0.128. The molecule has 1 aromatic heterocycles. The number of methoxy groups -OCH3 is 1. The molecule has 2 N–H and O–H groups in total. The van der Waals surface area contributed by atoms with Crippen molar-refractivity contribution in [2.75, 3.05) is 40.0 Å². The van der Waals surface area contributed by atoms with Crippen LogP contribution in [0, 0.1) is 18.6 Å². The van der Waals surface area contributed by atoms with Gasteiger partial charge in [-0.25, -0.2) is 13.8 Å². The van der Waals surface area contributed by atoms with E-state index in [0.717, 1.165) is 71.3 Å². The van der Waals surface area contributed by atoms with Crippen molar-refractivity contribution in [2.24, 2.45) is 0 Å². The standard InChI is InChI=1S/C36H41ClF2N4O4/c1-22-25(13-14-41-35(22)47-17-16-45-2)21-43(27-9-10-27)36(44)32-28(18-26-19-40-20-31(32)42-26)24-7-5-23(6-8-24)4-3-15-46-34-30(39)12-11-29(38)33(34)37/h5-8,11-14,26-27,31,40,42H,3-4,9-10,15-21H2,1-2H3/t26-,31-/m1/s1. The summed E-state index contributed by atoms with van der Waals surface area (Å²) < 4.78 is 44.2. The Bertz CT molecular complexity index is 1620. The summed E-state index contributed by atoms with van der Waals surface area (Å²) in [6.45, 7) is 5.11. The zero-order chi connectivity index (χ0) is 32.9. The van der Waals surface area contributed by atoms with E-state index in [1.807, 2.05) is 17.9 Å². The molecule has 1 aliphatic carbocycles. The molecule has 2 aliphatic heterocycles. The van der Waals surface area contributed by atoms with Gasteiger partial charge < -0.3 is 29.7 Å². The van der Waals surface area contributed by atoms with E-state index in [0.29, 0.717) is 45.0 Å². The fourth-order valence-electron chi connectivity index (χ4n) is 6.39. The Hall–Kier alpha value is -3.57. The van der Waals surface area contributed by atoms with E-state index in [1.54, 1.807) is 13.3 Å². The summed E-state index contributed by atoms with van der Waals surface area (Å²) in [6.07, 6.45) is 5.76. The SMILES string of the molecule is COCCOc1nccc(CN(C(=O)C2=C(c3ccc(CCCOc4c(F)ccc(F)c4Cl)cc3)C[C@@H]3CNC[C@H]2N3)C2CC2)c1C. The first kappa shape index (κ1) is 33.3. The highest BCUT2D eigenvalue weighted by Gasteiger charge is 2.41. The normalized spacial score (nSPS) is 19.1. The molecule has 1 saturated heterocycles. The van der Waals surface area contributed by atoms with Gasteiger partial charge in [-0.2, -0.15) is 0 Å². The quantitative estimate of drug-likeness (QED) is 0.170. The molecule has 3 heterocycles. The highest BCUT2D eigenvalue weighted by atomic mass is 35.5. The van der Waals surface area contributed by atoms with Crippen molar-refractivity contribution in [1.29, 1.82) is 0 Å². The van der Waals surface area contributed by atoms with E-state index in [4.69, 9.17) is 25.8 Å². The number of piperazine rings is 1. The number of amides is 1. The van der Waals surface area contributed by atoms with Crippen LogP contribution in [0.25, 0.3) is 5.57 Å². The van der Waals surface area contributed by atoms with Crippen LogP contribution >= 0.6 is 11.6 Å². The highest BCUT2D eigenvalue weighted by molar-refractivity contribution is 6.32. The fraction of sp³-hybridized carbons (Fsp3) is 0.444. The number of nitrogens with zero attached hydrogens (tertiary/aromatic N) is 2. The van der Waals surface area contributed by atoms with Gasteiger partial charge in [0.25, 0.3) is 5.91 Å². The third-order valence-electron chi connectivity index (χ3n) is 9.08. The highest BCUT2D eigenvalue weighted by Crippen LogP contribution is 2.37. The summed E-state index contributed by atoms with van der Waals surface area (Å²) >= 11 is 5.88. The van der Waals surface area contributed by atoms with E-state index in [-0.39, 0.29) is 41.4 Å². The lowest BCUT2D eigenvalue weighted by Gasteiger charge is -2.41. The molecule has 0 spiro atoms. The molecular weight excluding hydrogens is 626 g/mol. The van der Waals surface area contributed by atoms with Crippen LogP contribution < -0.4 is 20.1 Å². The number of rotatable bonds is 14. The number of ether oxygens (including phenoxy) is 3. The number of pyridine rings is 1. The summed E-state index contributed by atoms with van der Waals surface area (Å²) in [7, 11) is 1.64. The van der Waals surface area contributed by atoms with Crippen LogP contribution in [-0.2, 0) is 22.5 Å². The Morgan fingerprint density at radius 2 is 1.81 bits per heavy atom. The molecule has 2 atom stereocenters. The van der Waals surface area contributed by atoms with Crippen LogP contribution in [0.5, 0.6) is 11.6 Å².